The molecule has 1 aliphatic heterocycles. The van der Waals surface area contributed by atoms with Gasteiger partial charge < -0.3 is 15.5 Å². The van der Waals surface area contributed by atoms with Crippen molar-refractivity contribution in [3.63, 3.8) is 0 Å². The third-order valence-electron chi connectivity index (χ3n) is 7.46. The van der Waals surface area contributed by atoms with Gasteiger partial charge in [0.1, 0.15) is 5.82 Å². The van der Waals surface area contributed by atoms with E-state index in [9.17, 15) is 4.79 Å². The van der Waals surface area contributed by atoms with Crippen molar-refractivity contribution < 1.29 is 4.79 Å². The van der Waals surface area contributed by atoms with Crippen molar-refractivity contribution in [1.82, 2.24) is 19.5 Å². The second-order valence-electron chi connectivity index (χ2n) is 9.70. The number of fused-ring (bicyclic) bond motifs is 2. The number of nitrogens with two attached hydrogens (primary N) is 1. The number of anilines is 1. The zero-order chi connectivity index (χ0) is 22.6. The van der Waals surface area contributed by atoms with E-state index in [1.807, 2.05) is 41.7 Å². The normalized spacial score (nSPS) is 23.5. The van der Waals surface area contributed by atoms with E-state index in [1.54, 1.807) is 0 Å². The quantitative estimate of drug-likeness (QED) is 0.686. The Morgan fingerprint density at radius 2 is 2.12 bits per heavy atom. The number of benzene rings is 1. The Morgan fingerprint density at radius 1 is 1.34 bits per heavy atom. The Labute approximate surface area is 189 Å². The minimum atomic E-state index is -0.491. The Morgan fingerprint density at radius 3 is 2.88 bits per heavy atom. The van der Waals surface area contributed by atoms with Crippen LogP contribution in [0.15, 0.2) is 36.5 Å². The summed E-state index contributed by atoms with van der Waals surface area (Å²) in [7, 11) is 1.89. The van der Waals surface area contributed by atoms with E-state index in [2.05, 4.69) is 36.9 Å². The molecule has 0 saturated carbocycles. The molecule has 32 heavy (non-hydrogen) atoms. The lowest BCUT2D eigenvalue weighted by Gasteiger charge is -2.33. The molecule has 3 atom stereocenters. The van der Waals surface area contributed by atoms with Gasteiger partial charge in [0.15, 0.2) is 5.65 Å². The first-order valence-electron chi connectivity index (χ1n) is 11.5. The fraction of sp³-hybridized carbons (Fsp3) is 0.480. The van der Waals surface area contributed by atoms with Crippen LogP contribution in [0, 0.1) is 6.92 Å². The SMILES string of the molecule is Cc1cn2nc([C@H](C)N(C)C(=O)C3(C)CCc4ccccc43)cc2nc1N1CC[C@H](N)C1. The summed E-state index contributed by atoms with van der Waals surface area (Å²) in [6, 6.07) is 10.4. The Bertz CT molecular complexity index is 1190. The molecular weight excluding hydrogens is 400 g/mol. The van der Waals surface area contributed by atoms with Crippen molar-refractivity contribution in [2.45, 2.75) is 57.5 Å². The van der Waals surface area contributed by atoms with Crippen LogP contribution in [-0.2, 0) is 16.6 Å². The molecule has 1 aliphatic carbocycles. The summed E-state index contributed by atoms with van der Waals surface area (Å²) >= 11 is 0. The highest BCUT2D eigenvalue weighted by atomic mass is 16.2. The van der Waals surface area contributed by atoms with Gasteiger partial charge in [-0.3, -0.25) is 4.79 Å². The Hall–Kier alpha value is -2.93. The summed E-state index contributed by atoms with van der Waals surface area (Å²) in [6.45, 7) is 7.94. The van der Waals surface area contributed by atoms with Crippen molar-refractivity contribution in [2.24, 2.45) is 5.73 Å². The van der Waals surface area contributed by atoms with E-state index in [-0.39, 0.29) is 18.0 Å². The standard InChI is InChI=1S/C25H32N6O/c1-16-14-31-22(27-23(16)30-12-10-19(26)15-30)13-21(28-31)17(2)29(4)24(32)25(3)11-9-18-7-5-6-8-20(18)25/h5-8,13-14,17,19H,9-12,15,26H2,1-4H3/t17-,19-,25?/m0/s1. The number of likely N-dealkylation sites (N-methyl/N-ethyl adjacent to an activating group) is 1. The van der Waals surface area contributed by atoms with Gasteiger partial charge in [0.2, 0.25) is 5.91 Å². The van der Waals surface area contributed by atoms with Crippen molar-refractivity contribution in [1.29, 1.82) is 0 Å². The van der Waals surface area contributed by atoms with Crippen molar-refractivity contribution in [3.8, 4) is 0 Å². The smallest absolute Gasteiger partial charge is 0.233 e. The van der Waals surface area contributed by atoms with Gasteiger partial charge in [0, 0.05) is 44.0 Å². The molecule has 7 nitrogen and oxygen atoms in total. The maximum atomic E-state index is 13.6. The molecule has 3 aromatic rings. The lowest BCUT2D eigenvalue weighted by atomic mass is 9.82. The van der Waals surface area contributed by atoms with Crippen LogP contribution in [0.2, 0.25) is 0 Å². The second kappa shape index (κ2) is 7.59. The van der Waals surface area contributed by atoms with Gasteiger partial charge in [-0.25, -0.2) is 9.50 Å². The molecule has 1 saturated heterocycles. The van der Waals surface area contributed by atoms with E-state index in [0.717, 1.165) is 60.6 Å². The molecule has 3 heterocycles. The van der Waals surface area contributed by atoms with Gasteiger partial charge in [-0.15, -0.1) is 0 Å². The van der Waals surface area contributed by atoms with Crippen LogP contribution in [-0.4, -0.2) is 51.6 Å². The largest absolute Gasteiger partial charge is 0.355 e. The summed E-state index contributed by atoms with van der Waals surface area (Å²) in [5.41, 5.74) is 10.8. The highest BCUT2D eigenvalue weighted by Crippen LogP contribution is 2.41. The fourth-order valence-electron chi connectivity index (χ4n) is 5.30. The van der Waals surface area contributed by atoms with Crippen LogP contribution in [0.4, 0.5) is 5.82 Å². The maximum absolute atomic E-state index is 13.6. The van der Waals surface area contributed by atoms with Crippen LogP contribution in [0.1, 0.15) is 55.1 Å². The number of aromatic nitrogens is 3. The molecule has 2 N–H and O–H groups in total. The predicted octanol–water partition coefficient (Wildman–Crippen LogP) is 3.00. The highest BCUT2D eigenvalue weighted by molar-refractivity contribution is 5.89. The van der Waals surface area contributed by atoms with Gasteiger partial charge in [-0.1, -0.05) is 24.3 Å². The molecule has 2 aromatic heterocycles. The monoisotopic (exact) mass is 432 g/mol. The molecule has 1 amide bonds. The maximum Gasteiger partial charge on any atom is 0.233 e. The third kappa shape index (κ3) is 3.26. The fourth-order valence-corrected chi connectivity index (χ4v) is 5.30. The number of aryl methyl sites for hydroxylation is 2. The van der Waals surface area contributed by atoms with E-state index < -0.39 is 5.41 Å². The summed E-state index contributed by atoms with van der Waals surface area (Å²) < 4.78 is 1.82. The molecule has 5 rings (SSSR count). The number of carbonyl (C=O) groups excluding carboxylic acids is 1. The summed E-state index contributed by atoms with van der Waals surface area (Å²) in [5, 5.41) is 4.77. The average Bonchev–Trinajstić information content (AvgIpc) is 3.49. The zero-order valence-electron chi connectivity index (χ0n) is 19.4. The highest BCUT2D eigenvalue weighted by Gasteiger charge is 2.43. The van der Waals surface area contributed by atoms with Crippen LogP contribution in [0.25, 0.3) is 5.65 Å². The Balaban J connectivity index is 1.42. The molecule has 7 heteroatoms. The summed E-state index contributed by atoms with van der Waals surface area (Å²) in [4.78, 5) is 22.6. The molecule has 1 unspecified atom stereocenters. The Kier molecular flexibility index (Phi) is 4.97. The third-order valence-corrected chi connectivity index (χ3v) is 7.46. The number of amides is 1. The van der Waals surface area contributed by atoms with Crippen molar-refractivity contribution in [2.75, 3.05) is 25.0 Å². The minimum Gasteiger partial charge on any atom is -0.355 e. The van der Waals surface area contributed by atoms with E-state index in [1.165, 1.54) is 5.56 Å². The van der Waals surface area contributed by atoms with Gasteiger partial charge >= 0.3 is 0 Å². The van der Waals surface area contributed by atoms with Crippen molar-refractivity contribution in [3.05, 3.63) is 58.9 Å². The number of rotatable bonds is 4. The van der Waals surface area contributed by atoms with Gasteiger partial charge in [-0.2, -0.15) is 5.10 Å². The zero-order valence-corrected chi connectivity index (χ0v) is 19.4. The number of hydrogen-bond acceptors (Lipinski definition) is 5. The molecule has 1 fully saturated rings. The van der Waals surface area contributed by atoms with Crippen molar-refractivity contribution >= 4 is 17.4 Å². The summed E-state index contributed by atoms with van der Waals surface area (Å²) in [5.74, 6) is 1.12. The predicted molar refractivity (Wildman–Crippen MR) is 126 cm³/mol. The van der Waals surface area contributed by atoms with Gasteiger partial charge in [-0.05, 0) is 51.2 Å². The molecule has 0 radical (unpaired) electrons. The molecule has 2 aliphatic rings. The lowest BCUT2D eigenvalue weighted by Crippen LogP contribution is -2.43. The lowest BCUT2D eigenvalue weighted by molar-refractivity contribution is -0.137. The first-order chi connectivity index (χ1) is 15.3. The number of carbonyl (C=O) groups is 1. The van der Waals surface area contributed by atoms with Crippen LogP contribution in [0.5, 0.6) is 0 Å². The molecule has 168 valence electrons. The van der Waals surface area contributed by atoms with Crippen LogP contribution in [0.3, 0.4) is 0 Å². The summed E-state index contributed by atoms with van der Waals surface area (Å²) in [6.07, 6.45) is 4.80. The van der Waals surface area contributed by atoms with Crippen LogP contribution >= 0.6 is 0 Å². The first kappa shape index (κ1) is 20.9. The van der Waals surface area contributed by atoms with Gasteiger partial charge in [0.25, 0.3) is 0 Å². The van der Waals surface area contributed by atoms with E-state index >= 15 is 0 Å². The molecular formula is C25H32N6O. The van der Waals surface area contributed by atoms with Gasteiger partial charge in [0.05, 0.1) is 17.2 Å². The second-order valence-corrected chi connectivity index (χ2v) is 9.70. The van der Waals surface area contributed by atoms with E-state index in [4.69, 9.17) is 15.8 Å². The topological polar surface area (TPSA) is 79.8 Å². The molecule has 1 aromatic carbocycles. The molecule has 0 bridgehead atoms. The molecule has 0 spiro atoms. The van der Waals surface area contributed by atoms with E-state index in [0.29, 0.717) is 0 Å². The number of hydrogen-bond donors (Lipinski definition) is 1. The average molecular weight is 433 g/mol. The first-order valence-corrected chi connectivity index (χ1v) is 11.5. The number of nitrogens with zero attached hydrogens (tertiary/aromatic N) is 5. The van der Waals surface area contributed by atoms with Crippen LogP contribution < -0.4 is 10.6 Å². The minimum absolute atomic E-state index is 0.142.